The lowest BCUT2D eigenvalue weighted by atomic mass is 9.89. The molecular formula is C13H25N3O2. The largest absolute Gasteiger partial charge is 0.391 e. The summed E-state index contributed by atoms with van der Waals surface area (Å²) in [6, 6.07) is 0.505. The van der Waals surface area contributed by atoms with Crippen molar-refractivity contribution < 1.29 is 9.90 Å². The average molecular weight is 255 g/mol. The molecule has 2 aliphatic rings. The highest BCUT2D eigenvalue weighted by Gasteiger charge is 2.34. The summed E-state index contributed by atoms with van der Waals surface area (Å²) in [7, 11) is 0. The Kier molecular flexibility index (Phi) is 4.97. The molecule has 0 spiro atoms. The van der Waals surface area contributed by atoms with E-state index < -0.39 is 0 Å². The second kappa shape index (κ2) is 6.50. The summed E-state index contributed by atoms with van der Waals surface area (Å²) in [5.41, 5.74) is 5.37. The predicted octanol–water partition coefficient (Wildman–Crippen LogP) is -0.171. The molecule has 2 fully saturated rings. The molecule has 2 rings (SSSR count). The number of hydrogen-bond acceptors (Lipinski definition) is 4. The Balaban J connectivity index is 2.04. The zero-order valence-electron chi connectivity index (χ0n) is 11.0. The number of piperidine rings is 1. The lowest BCUT2D eigenvalue weighted by Crippen LogP contribution is -2.55. The molecule has 2 atom stereocenters. The van der Waals surface area contributed by atoms with Gasteiger partial charge in [0, 0.05) is 12.1 Å². The highest BCUT2D eigenvalue weighted by atomic mass is 16.3. The maximum atomic E-state index is 11.3. The summed E-state index contributed by atoms with van der Waals surface area (Å²) in [6.07, 6.45) is 5.85. The first-order chi connectivity index (χ1) is 8.68. The van der Waals surface area contributed by atoms with Crippen LogP contribution in [0.2, 0.25) is 0 Å². The third kappa shape index (κ3) is 3.43. The fourth-order valence-electron chi connectivity index (χ4n) is 3.31. The Hall–Kier alpha value is -0.650. The smallest absolute Gasteiger partial charge is 0.231 e. The predicted molar refractivity (Wildman–Crippen MR) is 70.1 cm³/mol. The molecule has 1 saturated carbocycles. The molecule has 5 nitrogen and oxygen atoms in total. The van der Waals surface area contributed by atoms with Crippen LogP contribution in [0, 0.1) is 0 Å². The molecule has 0 aromatic carbocycles. The van der Waals surface area contributed by atoms with Gasteiger partial charge in [-0.2, -0.15) is 0 Å². The Morgan fingerprint density at radius 1 is 1.22 bits per heavy atom. The summed E-state index contributed by atoms with van der Waals surface area (Å²) < 4.78 is 0. The van der Waals surface area contributed by atoms with E-state index in [1.165, 1.54) is 0 Å². The van der Waals surface area contributed by atoms with E-state index in [0.717, 1.165) is 51.6 Å². The summed E-state index contributed by atoms with van der Waals surface area (Å²) in [5, 5.41) is 13.5. The fraction of sp³-hybridized carbons (Fsp3) is 0.923. The summed E-state index contributed by atoms with van der Waals surface area (Å²) in [5.74, 6) is -0.286. The van der Waals surface area contributed by atoms with Crippen LogP contribution in [-0.2, 0) is 4.79 Å². The van der Waals surface area contributed by atoms with Crippen molar-refractivity contribution in [2.24, 2.45) is 5.73 Å². The van der Waals surface area contributed by atoms with Crippen molar-refractivity contribution in [2.45, 2.75) is 56.7 Å². The number of carbonyl (C=O) groups excluding carboxylic acids is 1. The van der Waals surface area contributed by atoms with Gasteiger partial charge in [0.15, 0.2) is 0 Å². The molecule has 1 saturated heterocycles. The maximum Gasteiger partial charge on any atom is 0.231 e. The van der Waals surface area contributed by atoms with Crippen LogP contribution in [0.3, 0.4) is 0 Å². The minimum Gasteiger partial charge on any atom is -0.391 e. The van der Waals surface area contributed by atoms with Crippen LogP contribution in [0.4, 0.5) is 0 Å². The lowest BCUT2D eigenvalue weighted by molar-refractivity contribution is -0.122. The Morgan fingerprint density at radius 3 is 2.50 bits per heavy atom. The molecule has 4 N–H and O–H groups in total. The van der Waals surface area contributed by atoms with Crippen molar-refractivity contribution >= 4 is 5.91 Å². The first-order valence-electron chi connectivity index (χ1n) is 7.11. The van der Waals surface area contributed by atoms with E-state index in [9.17, 15) is 9.90 Å². The van der Waals surface area contributed by atoms with Crippen LogP contribution < -0.4 is 11.1 Å². The number of hydrogen-bond donors (Lipinski definition) is 3. The van der Waals surface area contributed by atoms with Gasteiger partial charge in [-0.1, -0.05) is 12.8 Å². The van der Waals surface area contributed by atoms with Crippen molar-refractivity contribution in [3.8, 4) is 0 Å². The fourth-order valence-corrected chi connectivity index (χ4v) is 3.31. The van der Waals surface area contributed by atoms with E-state index in [4.69, 9.17) is 5.73 Å². The van der Waals surface area contributed by atoms with Crippen LogP contribution in [0.25, 0.3) is 0 Å². The number of amides is 1. The number of nitrogens with two attached hydrogens (primary N) is 1. The third-order valence-electron chi connectivity index (χ3n) is 4.24. The van der Waals surface area contributed by atoms with E-state index in [1.807, 2.05) is 0 Å². The average Bonchev–Trinajstić information content (AvgIpc) is 2.38. The standard InChI is InChI=1S/C13H25N3O2/c14-13(18)9-16(10-5-7-15-8-6-10)11-3-1-2-4-12(11)17/h10-12,15,17H,1-9H2,(H2,14,18). The topological polar surface area (TPSA) is 78.6 Å². The number of nitrogens with one attached hydrogen (secondary N) is 1. The Labute approximate surface area is 109 Å². The zero-order chi connectivity index (χ0) is 13.0. The number of nitrogens with zero attached hydrogens (tertiary/aromatic N) is 1. The molecule has 5 heteroatoms. The number of aliphatic hydroxyl groups excluding tert-OH is 1. The number of primary amides is 1. The molecule has 1 aliphatic heterocycles. The molecule has 0 bridgehead atoms. The molecule has 1 aliphatic carbocycles. The quantitative estimate of drug-likeness (QED) is 0.652. The minimum absolute atomic E-state index is 0.120. The van der Waals surface area contributed by atoms with E-state index in [1.54, 1.807) is 0 Å². The van der Waals surface area contributed by atoms with Gasteiger partial charge in [-0.3, -0.25) is 9.69 Å². The Bertz CT molecular complexity index is 279. The van der Waals surface area contributed by atoms with Gasteiger partial charge >= 0.3 is 0 Å². The molecule has 1 amide bonds. The van der Waals surface area contributed by atoms with Crippen molar-refractivity contribution in [2.75, 3.05) is 19.6 Å². The molecule has 18 heavy (non-hydrogen) atoms. The second-order valence-electron chi connectivity index (χ2n) is 5.54. The highest BCUT2D eigenvalue weighted by Crippen LogP contribution is 2.26. The lowest BCUT2D eigenvalue weighted by Gasteiger charge is -2.43. The van der Waals surface area contributed by atoms with Gasteiger partial charge in [0.05, 0.1) is 12.6 Å². The number of aliphatic hydroxyl groups is 1. The van der Waals surface area contributed by atoms with Gasteiger partial charge in [0.2, 0.25) is 5.91 Å². The SMILES string of the molecule is NC(=O)CN(C1CCNCC1)C1CCCCC1O. The third-order valence-corrected chi connectivity index (χ3v) is 4.24. The van der Waals surface area contributed by atoms with E-state index >= 15 is 0 Å². The van der Waals surface area contributed by atoms with Crippen LogP contribution in [-0.4, -0.2) is 53.7 Å². The number of rotatable bonds is 4. The first kappa shape index (κ1) is 13.8. The minimum atomic E-state index is -0.298. The second-order valence-corrected chi connectivity index (χ2v) is 5.54. The van der Waals surface area contributed by atoms with Crippen molar-refractivity contribution in [1.29, 1.82) is 0 Å². The summed E-state index contributed by atoms with van der Waals surface area (Å²) >= 11 is 0. The van der Waals surface area contributed by atoms with Crippen molar-refractivity contribution in [1.82, 2.24) is 10.2 Å². The molecule has 0 radical (unpaired) electrons. The van der Waals surface area contributed by atoms with Crippen molar-refractivity contribution in [3.63, 3.8) is 0 Å². The first-order valence-corrected chi connectivity index (χ1v) is 7.11. The monoisotopic (exact) mass is 255 g/mol. The Morgan fingerprint density at radius 2 is 1.89 bits per heavy atom. The van der Waals surface area contributed by atoms with Gasteiger partial charge in [-0.05, 0) is 38.8 Å². The van der Waals surface area contributed by atoms with E-state index in [0.29, 0.717) is 6.04 Å². The van der Waals surface area contributed by atoms with Crippen LogP contribution >= 0.6 is 0 Å². The zero-order valence-corrected chi connectivity index (χ0v) is 11.0. The molecule has 0 aromatic heterocycles. The maximum absolute atomic E-state index is 11.3. The van der Waals surface area contributed by atoms with Crippen LogP contribution in [0.15, 0.2) is 0 Å². The van der Waals surface area contributed by atoms with Crippen LogP contribution in [0.5, 0.6) is 0 Å². The molecule has 0 aromatic rings. The van der Waals surface area contributed by atoms with E-state index in [-0.39, 0.29) is 24.6 Å². The number of carbonyl (C=O) groups is 1. The highest BCUT2D eigenvalue weighted by molar-refractivity contribution is 5.76. The van der Waals surface area contributed by atoms with Gasteiger partial charge < -0.3 is 16.2 Å². The van der Waals surface area contributed by atoms with Gasteiger partial charge in [0.25, 0.3) is 0 Å². The van der Waals surface area contributed by atoms with Crippen LogP contribution in [0.1, 0.15) is 38.5 Å². The van der Waals surface area contributed by atoms with Gasteiger partial charge in [0.1, 0.15) is 0 Å². The molecular weight excluding hydrogens is 230 g/mol. The summed E-state index contributed by atoms with van der Waals surface area (Å²) in [4.78, 5) is 13.5. The van der Waals surface area contributed by atoms with Gasteiger partial charge in [-0.15, -0.1) is 0 Å². The summed E-state index contributed by atoms with van der Waals surface area (Å²) in [6.45, 7) is 2.26. The van der Waals surface area contributed by atoms with Gasteiger partial charge in [-0.25, -0.2) is 0 Å². The molecule has 104 valence electrons. The molecule has 2 unspecified atom stereocenters. The molecule has 1 heterocycles. The van der Waals surface area contributed by atoms with E-state index in [2.05, 4.69) is 10.2 Å². The van der Waals surface area contributed by atoms with Crippen molar-refractivity contribution in [3.05, 3.63) is 0 Å². The normalized spacial score (nSPS) is 30.6.